The van der Waals surface area contributed by atoms with Crippen molar-refractivity contribution < 1.29 is 36.6 Å². The highest BCUT2D eigenvalue weighted by molar-refractivity contribution is 8.41. The monoisotopic (exact) mass is 689 g/mol. The standard InChI is InChI=1S/C22H37N3O8P6S/c1-24(23-16-20-8-12-22(13-9-20)33-37(34)35)36(40)32-21-10-6-19(7-11-21)14-15-25(17-38(26,28-2)29-3)18-39(27,30-4)31-5/h6-13,16,26H,14-15,17-18,34-35H2,1-5H3/q+2/b23-16+. The molecule has 3 unspecified atom stereocenters. The van der Waals surface area contributed by atoms with Gasteiger partial charge in [-0.05, 0) is 53.9 Å². The quantitative estimate of drug-likeness (QED) is 0.106. The first kappa shape index (κ1) is 35.9. The summed E-state index contributed by atoms with van der Waals surface area (Å²) in [5.41, 5.74) is 1.92. The molecule has 0 amide bonds. The molecule has 0 heterocycles. The van der Waals surface area contributed by atoms with Crippen LogP contribution in [0.3, 0.4) is 0 Å². The van der Waals surface area contributed by atoms with Crippen LogP contribution < -0.4 is 9.05 Å². The third-order valence-corrected chi connectivity index (χ3v) is 12.1. The van der Waals surface area contributed by atoms with Gasteiger partial charge in [0, 0.05) is 20.8 Å². The van der Waals surface area contributed by atoms with E-state index in [-0.39, 0.29) is 12.6 Å². The zero-order valence-electron chi connectivity index (χ0n) is 23.0. The summed E-state index contributed by atoms with van der Waals surface area (Å²) < 4.78 is 46.4. The van der Waals surface area contributed by atoms with E-state index in [0.717, 1.165) is 16.9 Å². The molecule has 0 aliphatic heterocycles. The minimum atomic E-state index is -3.36. The Morgan fingerprint density at radius 1 is 1.05 bits per heavy atom. The highest BCUT2D eigenvalue weighted by atomic mass is 32.4. The summed E-state index contributed by atoms with van der Waals surface area (Å²) in [7, 11) is 3.84. The lowest BCUT2D eigenvalue weighted by molar-refractivity contribution is 0.204. The van der Waals surface area contributed by atoms with Crippen molar-refractivity contribution in [2.75, 3.05) is 54.6 Å². The maximum Gasteiger partial charge on any atom is 0.540 e. The Morgan fingerprint density at radius 2 is 1.62 bits per heavy atom. The lowest BCUT2D eigenvalue weighted by atomic mass is 10.1. The molecule has 0 aromatic heterocycles. The Hall–Kier alpha value is -0.260. The van der Waals surface area contributed by atoms with Gasteiger partial charge in [0.1, 0.15) is 19.6 Å². The highest BCUT2D eigenvalue weighted by Gasteiger charge is 2.42. The van der Waals surface area contributed by atoms with Gasteiger partial charge < -0.3 is 13.6 Å². The van der Waals surface area contributed by atoms with Gasteiger partial charge >= 0.3 is 22.6 Å². The van der Waals surface area contributed by atoms with Gasteiger partial charge in [-0.2, -0.15) is 13.9 Å². The van der Waals surface area contributed by atoms with Crippen molar-refractivity contribution in [3.8, 4) is 11.5 Å². The summed E-state index contributed by atoms with van der Waals surface area (Å²) in [6, 6.07) is 15.2. The van der Waals surface area contributed by atoms with Crippen LogP contribution in [0, 0.1) is 0 Å². The van der Waals surface area contributed by atoms with Crippen molar-refractivity contribution >= 4 is 66.0 Å². The summed E-state index contributed by atoms with van der Waals surface area (Å²) in [6.45, 7) is 0.445. The van der Waals surface area contributed by atoms with Gasteiger partial charge in [-0.3, -0.25) is 14.0 Å². The molecule has 2 aromatic carbocycles. The molecule has 40 heavy (non-hydrogen) atoms. The van der Waals surface area contributed by atoms with Gasteiger partial charge in [-0.1, -0.05) is 34.8 Å². The van der Waals surface area contributed by atoms with Crippen LogP contribution in [0.25, 0.3) is 0 Å². The van der Waals surface area contributed by atoms with Gasteiger partial charge in [0.2, 0.25) is 11.8 Å². The van der Waals surface area contributed by atoms with E-state index in [1.807, 2.05) is 48.5 Å². The van der Waals surface area contributed by atoms with E-state index in [2.05, 4.69) is 23.0 Å². The Balaban J connectivity index is 1.96. The van der Waals surface area contributed by atoms with Crippen molar-refractivity contribution in [3.63, 3.8) is 0 Å². The maximum absolute atomic E-state index is 12.7. The van der Waals surface area contributed by atoms with Crippen LogP contribution in [0.4, 0.5) is 0 Å². The van der Waals surface area contributed by atoms with Crippen LogP contribution in [0.1, 0.15) is 11.1 Å². The normalized spacial score (nSPS) is 12.8. The molecule has 0 saturated heterocycles. The van der Waals surface area contributed by atoms with Crippen molar-refractivity contribution in [3.05, 3.63) is 59.7 Å². The van der Waals surface area contributed by atoms with E-state index in [0.29, 0.717) is 18.7 Å². The van der Waals surface area contributed by atoms with Crippen molar-refractivity contribution in [1.29, 1.82) is 0 Å². The average molecular weight is 689 g/mol. The minimum Gasteiger partial charge on any atom is -0.466 e. The van der Waals surface area contributed by atoms with Gasteiger partial charge in [0.25, 0.3) is 0 Å². The SMILES string of the molecule is COP(=O)(CN(CCc1ccc(O[P+](=S)N(C)/N=C/c2ccc(OP(P)P)cc2)cc1)C[P+](O)(OC)OC)OC. The minimum absolute atomic E-state index is 0.0295. The number of benzene rings is 2. The molecule has 222 valence electrons. The number of rotatable bonds is 18. The molecule has 0 fully saturated rings. The molecular weight excluding hydrogens is 652 g/mol. The van der Waals surface area contributed by atoms with E-state index in [4.69, 9.17) is 38.9 Å². The van der Waals surface area contributed by atoms with Gasteiger partial charge in [0.15, 0.2) is 12.0 Å². The number of hydrogen-bond donors (Lipinski definition) is 1. The fraction of sp³-hybridized carbons (Fsp3) is 0.409. The largest absolute Gasteiger partial charge is 0.540 e. The molecule has 2 rings (SSSR count). The van der Waals surface area contributed by atoms with Crippen molar-refractivity contribution in [2.24, 2.45) is 5.10 Å². The first-order valence-electron chi connectivity index (χ1n) is 11.7. The summed E-state index contributed by atoms with van der Waals surface area (Å²) in [5.74, 6) is 1.42. The number of hydrogen-bond acceptors (Lipinski definition) is 11. The molecule has 0 spiro atoms. The molecule has 0 aliphatic carbocycles. The van der Waals surface area contributed by atoms with E-state index < -0.39 is 30.1 Å². The van der Waals surface area contributed by atoms with E-state index >= 15 is 0 Å². The highest BCUT2D eigenvalue weighted by Crippen LogP contribution is 2.57. The number of hydrazone groups is 1. The maximum atomic E-state index is 12.7. The Morgan fingerprint density at radius 3 is 2.15 bits per heavy atom. The average Bonchev–Trinajstić information content (AvgIpc) is 2.95. The lowest BCUT2D eigenvalue weighted by Crippen LogP contribution is -2.31. The molecule has 0 aliphatic rings. The second-order valence-electron chi connectivity index (χ2n) is 8.13. The van der Waals surface area contributed by atoms with E-state index in [1.54, 1.807) is 22.9 Å². The second-order valence-corrected chi connectivity index (χ2v) is 20.6. The van der Waals surface area contributed by atoms with Crippen LogP contribution in [-0.2, 0) is 40.9 Å². The summed E-state index contributed by atoms with van der Waals surface area (Å²) in [6.07, 6.45) is 2.32. The van der Waals surface area contributed by atoms with Gasteiger partial charge in [-0.25, -0.2) is 0 Å². The molecule has 11 nitrogen and oxygen atoms in total. The summed E-state index contributed by atoms with van der Waals surface area (Å²) >= 11 is 5.52. The second kappa shape index (κ2) is 17.8. The third-order valence-electron chi connectivity index (χ3n) is 5.40. The fourth-order valence-electron chi connectivity index (χ4n) is 3.15. The molecule has 0 bridgehead atoms. The molecule has 1 N–H and O–H groups in total. The van der Waals surface area contributed by atoms with Crippen LogP contribution in [0.5, 0.6) is 11.5 Å². The summed E-state index contributed by atoms with van der Waals surface area (Å²) in [4.78, 5) is 12.3. The smallest absolute Gasteiger partial charge is 0.466 e. The zero-order chi connectivity index (χ0) is 29.8. The zero-order valence-corrected chi connectivity index (χ0v) is 29.7. The van der Waals surface area contributed by atoms with Crippen LogP contribution in [0.15, 0.2) is 53.6 Å². The lowest BCUT2D eigenvalue weighted by Gasteiger charge is -2.26. The number of nitrogens with zero attached hydrogens (tertiary/aromatic N) is 3. The van der Waals surface area contributed by atoms with Crippen LogP contribution in [-0.4, -0.2) is 75.4 Å². The first-order valence-corrected chi connectivity index (χ1v) is 21.9. The van der Waals surface area contributed by atoms with Crippen LogP contribution in [0.2, 0.25) is 0 Å². The Labute approximate surface area is 249 Å². The first-order chi connectivity index (χ1) is 18.9. The molecule has 0 saturated carbocycles. The van der Waals surface area contributed by atoms with Crippen molar-refractivity contribution in [2.45, 2.75) is 6.42 Å². The summed E-state index contributed by atoms with van der Waals surface area (Å²) in [5, 5.41) is 4.41. The third kappa shape index (κ3) is 12.5. The van der Waals surface area contributed by atoms with Crippen LogP contribution >= 0.6 is 48.0 Å². The van der Waals surface area contributed by atoms with Gasteiger partial charge in [-0.15, -0.1) is 5.10 Å². The molecule has 0 radical (unpaired) electrons. The predicted octanol–water partition coefficient (Wildman–Crippen LogP) is 6.45. The molecule has 2 aromatic rings. The predicted molar refractivity (Wildman–Crippen MR) is 175 cm³/mol. The Kier molecular flexibility index (Phi) is 16.0. The molecule has 3 atom stereocenters. The molecule has 18 heteroatoms. The van der Waals surface area contributed by atoms with E-state index in [1.165, 1.54) is 28.4 Å². The van der Waals surface area contributed by atoms with E-state index in [9.17, 15) is 9.46 Å². The Bertz CT molecular complexity index is 1130. The van der Waals surface area contributed by atoms with Gasteiger partial charge in [0.05, 0.1) is 27.5 Å². The topological polar surface area (TPSA) is 112 Å². The van der Waals surface area contributed by atoms with Crippen molar-refractivity contribution in [1.82, 2.24) is 9.68 Å². The molecular formula is C22H37N3O8P6S+2. The fourth-order valence-corrected chi connectivity index (χ4v) is 7.58.